The highest BCUT2D eigenvalue weighted by atomic mass is 35.5. The van der Waals surface area contributed by atoms with Crippen LogP contribution in [0.5, 0.6) is 10.9 Å². The molecule has 0 spiro atoms. The van der Waals surface area contributed by atoms with Crippen LogP contribution in [0.1, 0.15) is 28.9 Å². The number of rotatable bonds is 6. The van der Waals surface area contributed by atoms with Gasteiger partial charge in [0.15, 0.2) is 0 Å². The van der Waals surface area contributed by atoms with E-state index in [-0.39, 0.29) is 12.0 Å². The van der Waals surface area contributed by atoms with Crippen LogP contribution in [-0.2, 0) is 0 Å². The van der Waals surface area contributed by atoms with Gasteiger partial charge < -0.3 is 9.47 Å². The van der Waals surface area contributed by atoms with Crippen LogP contribution in [0.3, 0.4) is 0 Å². The van der Waals surface area contributed by atoms with Crippen molar-refractivity contribution in [1.82, 2.24) is 20.2 Å². The lowest BCUT2D eigenvalue weighted by Gasteiger charge is -2.15. The number of anilines is 1. The molecule has 0 atom stereocenters. The Bertz CT molecular complexity index is 1040. The Hall–Kier alpha value is -2.78. The molecule has 3 heterocycles. The molecule has 4 rings (SSSR count). The van der Waals surface area contributed by atoms with Gasteiger partial charge in [0.2, 0.25) is 5.13 Å². The second kappa shape index (κ2) is 7.69. The van der Waals surface area contributed by atoms with Crippen LogP contribution in [0.2, 0.25) is 5.15 Å². The van der Waals surface area contributed by atoms with E-state index >= 15 is 0 Å². The van der Waals surface area contributed by atoms with Crippen molar-refractivity contribution in [3.63, 3.8) is 0 Å². The molecule has 3 aromatic rings. The van der Waals surface area contributed by atoms with Crippen LogP contribution < -0.4 is 14.8 Å². The molecule has 3 aromatic heterocycles. The van der Waals surface area contributed by atoms with Gasteiger partial charge in [-0.3, -0.25) is 15.1 Å². The summed E-state index contributed by atoms with van der Waals surface area (Å²) in [6.45, 7) is 1.80. The number of amides is 1. The molecule has 1 amide bonds. The molecule has 0 aromatic carbocycles. The molecule has 0 aliphatic heterocycles. The number of carbonyl (C=O) groups excluding carboxylic acids is 1. The van der Waals surface area contributed by atoms with Crippen molar-refractivity contribution in [2.45, 2.75) is 25.9 Å². The van der Waals surface area contributed by atoms with E-state index in [1.165, 1.54) is 24.6 Å². The zero-order chi connectivity index (χ0) is 19.7. The van der Waals surface area contributed by atoms with Crippen molar-refractivity contribution in [3.8, 4) is 22.1 Å². The molecule has 1 fully saturated rings. The lowest BCUT2D eigenvalue weighted by molar-refractivity contribution is 0.102. The third-order valence-electron chi connectivity index (χ3n) is 4.10. The van der Waals surface area contributed by atoms with E-state index in [1.54, 1.807) is 25.3 Å². The second-order valence-corrected chi connectivity index (χ2v) is 7.50. The highest BCUT2D eigenvalue weighted by Crippen LogP contribution is 2.36. The van der Waals surface area contributed by atoms with Crippen LogP contribution in [0.15, 0.2) is 24.5 Å². The fourth-order valence-electron chi connectivity index (χ4n) is 2.66. The van der Waals surface area contributed by atoms with Gasteiger partial charge in [0.1, 0.15) is 17.0 Å². The summed E-state index contributed by atoms with van der Waals surface area (Å²) in [6, 6.07) is 3.43. The minimum Gasteiger partial charge on any atom is -0.494 e. The normalized spacial score (nSPS) is 13.2. The first kappa shape index (κ1) is 18.6. The Balaban J connectivity index is 1.68. The van der Waals surface area contributed by atoms with Crippen molar-refractivity contribution < 1.29 is 14.3 Å². The summed E-state index contributed by atoms with van der Waals surface area (Å²) >= 11 is 7.22. The number of carbonyl (C=O) groups is 1. The lowest BCUT2D eigenvalue weighted by atomic mass is 9.99. The summed E-state index contributed by atoms with van der Waals surface area (Å²) in [5.74, 6) is 0.104. The lowest BCUT2D eigenvalue weighted by Crippen LogP contribution is -2.14. The second-order valence-electron chi connectivity index (χ2n) is 6.18. The number of hydrogen-bond donors (Lipinski definition) is 1. The summed E-state index contributed by atoms with van der Waals surface area (Å²) in [6.07, 6.45) is 5.33. The van der Waals surface area contributed by atoms with Gasteiger partial charge >= 0.3 is 0 Å². The predicted octanol–water partition coefficient (Wildman–Crippen LogP) is 3.76. The minimum absolute atomic E-state index is 0.213. The van der Waals surface area contributed by atoms with Crippen molar-refractivity contribution in [1.29, 1.82) is 0 Å². The van der Waals surface area contributed by atoms with E-state index < -0.39 is 0 Å². The first-order valence-electron chi connectivity index (χ1n) is 8.52. The maximum Gasteiger partial charge on any atom is 0.296 e. The number of hydrogen-bond acceptors (Lipinski definition) is 8. The topological polar surface area (TPSA) is 99.1 Å². The molecule has 1 aliphatic carbocycles. The molecule has 0 saturated heterocycles. The molecule has 0 unspecified atom stereocenters. The van der Waals surface area contributed by atoms with Crippen LogP contribution in [0.4, 0.5) is 5.13 Å². The Labute approximate surface area is 169 Å². The molecule has 1 N–H and O–H groups in total. The third kappa shape index (κ3) is 3.90. The summed E-state index contributed by atoms with van der Waals surface area (Å²) in [7, 11) is 1.53. The van der Waals surface area contributed by atoms with E-state index in [9.17, 15) is 4.79 Å². The smallest absolute Gasteiger partial charge is 0.296 e. The highest BCUT2D eigenvalue weighted by molar-refractivity contribution is 7.17. The molecule has 0 radical (unpaired) electrons. The number of nitrogens with one attached hydrogen (secondary N) is 1. The number of pyridine rings is 2. The number of aryl methyl sites for hydroxylation is 1. The Kier molecular flexibility index (Phi) is 5.10. The molecule has 28 heavy (non-hydrogen) atoms. The van der Waals surface area contributed by atoms with Gasteiger partial charge in [-0.2, -0.15) is 0 Å². The van der Waals surface area contributed by atoms with Gasteiger partial charge in [0, 0.05) is 18.0 Å². The zero-order valence-corrected chi connectivity index (χ0v) is 16.7. The monoisotopic (exact) mass is 417 g/mol. The molecule has 8 nitrogen and oxygen atoms in total. The summed E-state index contributed by atoms with van der Waals surface area (Å²) < 4.78 is 11.1. The molecular weight excluding hydrogens is 402 g/mol. The van der Waals surface area contributed by atoms with Crippen molar-refractivity contribution in [3.05, 3.63) is 40.9 Å². The summed E-state index contributed by atoms with van der Waals surface area (Å²) in [5, 5.41) is 11.8. The largest absolute Gasteiger partial charge is 0.494 e. The predicted molar refractivity (Wildman–Crippen MR) is 105 cm³/mol. The van der Waals surface area contributed by atoms with Gasteiger partial charge in [-0.1, -0.05) is 16.7 Å². The quantitative estimate of drug-likeness (QED) is 0.609. The van der Waals surface area contributed by atoms with E-state index in [0.717, 1.165) is 12.8 Å². The molecule has 10 heteroatoms. The molecule has 1 aliphatic rings. The van der Waals surface area contributed by atoms with Crippen LogP contribution in [-0.4, -0.2) is 39.3 Å². The number of ether oxygens (including phenoxy) is 2. The van der Waals surface area contributed by atoms with Crippen molar-refractivity contribution in [2.24, 2.45) is 0 Å². The fraction of sp³-hybridized carbons (Fsp3) is 0.278. The minimum atomic E-state index is -0.386. The van der Waals surface area contributed by atoms with Crippen molar-refractivity contribution >= 4 is 34.0 Å². The molecule has 144 valence electrons. The molecular formula is C18H16ClN5O3S. The van der Waals surface area contributed by atoms with E-state index in [2.05, 4.69) is 25.5 Å². The van der Waals surface area contributed by atoms with Crippen LogP contribution >= 0.6 is 22.9 Å². The Morgan fingerprint density at radius 1 is 1.32 bits per heavy atom. The van der Waals surface area contributed by atoms with Gasteiger partial charge in [-0.25, -0.2) is 4.98 Å². The SMILES string of the molecule is COc1c(C)ncc(C(=O)Nc2nnc(OC3CC3)s2)c1-c1ccnc(Cl)c1. The maximum atomic E-state index is 13.0. The van der Waals surface area contributed by atoms with Gasteiger partial charge in [-0.15, -0.1) is 5.10 Å². The third-order valence-corrected chi connectivity index (χ3v) is 5.03. The average Bonchev–Trinajstić information content (AvgIpc) is 3.38. The molecule has 1 saturated carbocycles. The number of halogens is 1. The van der Waals surface area contributed by atoms with Gasteiger partial charge in [-0.05, 0) is 48.8 Å². The summed E-state index contributed by atoms with van der Waals surface area (Å²) in [4.78, 5) is 21.2. The van der Waals surface area contributed by atoms with Crippen LogP contribution in [0, 0.1) is 6.92 Å². The maximum absolute atomic E-state index is 13.0. The van der Waals surface area contributed by atoms with E-state index in [0.29, 0.717) is 43.6 Å². The standard InChI is InChI=1S/C18H16ClN5O3S/c1-9-15(26-2)14(10-5-6-20-13(19)7-10)12(8-21-9)16(25)22-17-23-24-18(28-17)27-11-3-4-11/h5-8,11H,3-4H2,1-2H3,(H,22,23,25). The summed E-state index contributed by atoms with van der Waals surface area (Å²) in [5.41, 5.74) is 2.25. The molecule has 0 bridgehead atoms. The van der Waals surface area contributed by atoms with Gasteiger partial charge in [0.25, 0.3) is 11.1 Å². The van der Waals surface area contributed by atoms with Gasteiger partial charge in [0.05, 0.1) is 18.4 Å². The Morgan fingerprint density at radius 3 is 2.86 bits per heavy atom. The highest BCUT2D eigenvalue weighted by Gasteiger charge is 2.26. The van der Waals surface area contributed by atoms with Crippen LogP contribution in [0.25, 0.3) is 11.1 Å². The zero-order valence-electron chi connectivity index (χ0n) is 15.1. The first-order valence-corrected chi connectivity index (χ1v) is 9.71. The average molecular weight is 418 g/mol. The fourth-order valence-corrected chi connectivity index (χ4v) is 3.49. The number of methoxy groups -OCH3 is 1. The van der Waals surface area contributed by atoms with Crippen molar-refractivity contribution in [2.75, 3.05) is 12.4 Å². The first-order chi connectivity index (χ1) is 13.5. The Morgan fingerprint density at radius 2 is 2.14 bits per heavy atom. The number of aromatic nitrogens is 4. The van der Waals surface area contributed by atoms with E-state index in [4.69, 9.17) is 21.1 Å². The number of nitrogens with zero attached hydrogens (tertiary/aromatic N) is 4. The van der Waals surface area contributed by atoms with E-state index in [1.807, 2.05) is 0 Å².